The Hall–Kier alpha value is -2.37. The smallest absolute Gasteiger partial charge is 0.173 e. The molecule has 0 saturated carbocycles. The highest BCUT2D eigenvalue weighted by molar-refractivity contribution is 6.30. The quantitative estimate of drug-likeness (QED) is 0.700. The maximum absolute atomic E-state index is 6.08. The van der Waals surface area contributed by atoms with Crippen LogP contribution < -0.4 is 5.01 Å². The van der Waals surface area contributed by atoms with Crippen molar-refractivity contribution in [1.82, 2.24) is 20.2 Å². The molecule has 1 aliphatic rings. The molecule has 1 aliphatic heterocycles. The summed E-state index contributed by atoms with van der Waals surface area (Å²) in [6.07, 6.45) is 6.06. The van der Waals surface area contributed by atoms with Gasteiger partial charge in [0.25, 0.3) is 0 Å². The van der Waals surface area contributed by atoms with Gasteiger partial charge in [-0.3, -0.25) is 15.1 Å². The number of aromatic amines is 1. The van der Waals surface area contributed by atoms with E-state index < -0.39 is 0 Å². The summed E-state index contributed by atoms with van der Waals surface area (Å²) in [4.78, 5) is 4.17. The molecular formula is C21H24ClN5. The number of hydrogen-bond donors (Lipinski definition) is 1. The summed E-state index contributed by atoms with van der Waals surface area (Å²) < 4.78 is 0. The van der Waals surface area contributed by atoms with Crippen LogP contribution in [0.15, 0.2) is 48.8 Å². The minimum atomic E-state index is 0.725. The first-order valence-electron chi connectivity index (χ1n) is 9.37. The summed E-state index contributed by atoms with van der Waals surface area (Å²) in [6, 6.07) is 11.9. The highest BCUT2D eigenvalue weighted by Gasteiger charge is 2.25. The number of halogens is 1. The third kappa shape index (κ3) is 3.70. The molecule has 0 aliphatic carbocycles. The fourth-order valence-corrected chi connectivity index (χ4v) is 3.74. The van der Waals surface area contributed by atoms with E-state index in [-0.39, 0.29) is 0 Å². The zero-order valence-corrected chi connectivity index (χ0v) is 16.4. The maximum Gasteiger partial charge on any atom is 0.173 e. The van der Waals surface area contributed by atoms with Crippen LogP contribution in [0.4, 0.5) is 5.82 Å². The van der Waals surface area contributed by atoms with Crippen LogP contribution in [0, 0.1) is 5.92 Å². The average Bonchev–Trinajstić information content (AvgIpc) is 3.14. The lowest BCUT2D eigenvalue weighted by atomic mass is 10.00. The Labute approximate surface area is 165 Å². The van der Waals surface area contributed by atoms with E-state index in [2.05, 4.69) is 34.1 Å². The van der Waals surface area contributed by atoms with E-state index in [0.29, 0.717) is 0 Å². The Kier molecular flexibility index (Phi) is 5.14. The van der Waals surface area contributed by atoms with E-state index in [1.54, 1.807) is 0 Å². The normalized spacial score (nSPS) is 15.8. The van der Waals surface area contributed by atoms with Crippen LogP contribution in [-0.4, -0.2) is 40.3 Å². The third-order valence-corrected chi connectivity index (χ3v) is 5.59. The molecule has 0 amide bonds. The number of pyridine rings is 1. The molecule has 4 rings (SSSR count). The molecule has 6 heteroatoms. The molecule has 0 spiro atoms. The van der Waals surface area contributed by atoms with E-state index in [4.69, 9.17) is 16.7 Å². The van der Waals surface area contributed by atoms with Crippen LogP contribution in [0.1, 0.15) is 19.8 Å². The molecule has 1 saturated heterocycles. The molecule has 1 fully saturated rings. The van der Waals surface area contributed by atoms with Gasteiger partial charge in [-0.15, -0.1) is 0 Å². The monoisotopic (exact) mass is 381 g/mol. The lowest BCUT2D eigenvalue weighted by Gasteiger charge is -2.37. The van der Waals surface area contributed by atoms with E-state index in [1.165, 1.54) is 12.8 Å². The van der Waals surface area contributed by atoms with Gasteiger partial charge in [0.15, 0.2) is 5.82 Å². The van der Waals surface area contributed by atoms with Gasteiger partial charge in [0.05, 0.1) is 11.3 Å². The van der Waals surface area contributed by atoms with Crippen molar-refractivity contribution in [1.29, 1.82) is 0 Å². The summed E-state index contributed by atoms with van der Waals surface area (Å²) >= 11 is 6.08. The van der Waals surface area contributed by atoms with Crippen LogP contribution in [0.3, 0.4) is 0 Å². The number of hydrogen-bond acceptors (Lipinski definition) is 4. The van der Waals surface area contributed by atoms with Gasteiger partial charge < -0.3 is 0 Å². The Balaban J connectivity index is 1.77. The Morgan fingerprint density at radius 3 is 2.37 bits per heavy atom. The molecule has 0 atom stereocenters. The van der Waals surface area contributed by atoms with Gasteiger partial charge in [-0.05, 0) is 48.6 Å². The van der Waals surface area contributed by atoms with Gasteiger partial charge in [-0.2, -0.15) is 5.10 Å². The lowest BCUT2D eigenvalue weighted by molar-refractivity contribution is 0.184. The molecular weight excluding hydrogens is 358 g/mol. The Morgan fingerprint density at radius 2 is 1.70 bits per heavy atom. The second-order valence-electron chi connectivity index (χ2n) is 7.20. The number of benzene rings is 1. The van der Waals surface area contributed by atoms with Crippen molar-refractivity contribution < 1.29 is 0 Å². The van der Waals surface area contributed by atoms with Crippen LogP contribution >= 0.6 is 11.6 Å². The molecule has 1 N–H and O–H groups in total. The highest BCUT2D eigenvalue weighted by Crippen LogP contribution is 2.38. The average molecular weight is 382 g/mol. The van der Waals surface area contributed by atoms with Crippen molar-refractivity contribution in [2.75, 3.05) is 25.1 Å². The minimum absolute atomic E-state index is 0.725. The third-order valence-electron chi connectivity index (χ3n) is 5.34. The van der Waals surface area contributed by atoms with Crippen LogP contribution in [0.25, 0.3) is 22.4 Å². The zero-order valence-electron chi connectivity index (χ0n) is 15.7. The number of nitrogens with one attached hydrogen (secondary N) is 1. The van der Waals surface area contributed by atoms with Gasteiger partial charge in [0, 0.05) is 43.1 Å². The molecule has 3 heterocycles. The standard InChI is InChI=1S/C21H24ClN5/c1-15-9-13-27(14-10-15)26(2)21-19(16-7-11-23-12-8-16)20(24-25-21)17-3-5-18(22)6-4-17/h3-8,11-12,15H,9-10,13-14H2,1-2H3,(H,24,25). The molecule has 1 aromatic carbocycles. The minimum Gasteiger partial charge on any atom is -0.291 e. The second-order valence-corrected chi connectivity index (χ2v) is 7.64. The second kappa shape index (κ2) is 7.71. The zero-order chi connectivity index (χ0) is 18.8. The van der Waals surface area contributed by atoms with Crippen molar-refractivity contribution in [2.45, 2.75) is 19.8 Å². The largest absolute Gasteiger partial charge is 0.291 e. The molecule has 3 aromatic rings. The summed E-state index contributed by atoms with van der Waals surface area (Å²) in [6.45, 7) is 4.43. The van der Waals surface area contributed by atoms with Crippen LogP contribution in [0.2, 0.25) is 5.02 Å². The summed E-state index contributed by atoms with van der Waals surface area (Å²) in [7, 11) is 2.10. The first kappa shape index (κ1) is 18.0. The van der Waals surface area contributed by atoms with Crippen molar-refractivity contribution in [3.8, 4) is 22.4 Å². The van der Waals surface area contributed by atoms with Gasteiger partial charge >= 0.3 is 0 Å². The van der Waals surface area contributed by atoms with E-state index in [0.717, 1.165) is 52.2 Å². The summed E-state index contributed by atoms with van der Waals surface area (Å²) in [5.74, 6) is 1.72. The topological polar surface area (TPSA) is 48.0 Å². The molecule has 140 valence electrons. The van der Waals surface area contributed by atoms with E-state index >= 15 is 0 Å². The molecule has 2 aromatic heterocycles. The first-order valence-corrected chi connectivity index (χ1v) is 9.74. The maximum atomic E-state index is 6.08. The highest BCUT2D eigenvalue weighted by atomic mass is 35.5. The van der Waals surface area contributed by atoms with Crippen molar-refractivity contribution in [3.05, 3.63) is 53.8 Å². The molecule has 0 radical (unpaired) electrons. The van der Waals surface area contributed by atoms with Crippen molar-refractivity contribution >= 4 is 17.4 Å². The first-order chi connectivity index (χ1) is 13.1. The molecule has 5 nitrogen and oxygen atoms in total. The van der Waals surface area contributed by atoms with Gasteiger partial charge in [0.2, 0.25) is 0 Å². The number of aromatic nitrogens is 3. The fourth-order valence-electron chi connectivity index (χ4n) is 3.61. The van der Waals surface area contributed by atoms with Crippen molar-refractivity contribution in [2.24, 2.45) is 5.92 Å². The predicted molar refractivity (Wildman–Crippen MR) is 111 cm³/mol. The van der Waals surface area contributed by atoms with E-state index in [1.807, 2.05) is 48.8 Å². The number of piperidine rings is 1. The van der Waals surface area contributed by atoms with Gasteiger partial charge in [0.1, 0.15) is 0 Å². The number of nitrogens with zero attached hydrogens (tertiary/aromatic N) is 4. The number of hydrazine groups is 1. The van der Waals surface area contributed by atoms with E-state index in [9.17, 15) is 0 Å². The molecule has 0 unspecified atom stereocenters. The summed E-state index contributed by atoms with van der Waals surface area (Å²) in [5.41, 5.74) is 4.23. The SMILES string of the molecule is CC1CCN(N(C)c2n[nH]c(-c3ccc(Cl)cc3)c2-c2ccncc2)CC1. The predicted octanol–water partition coefficient (Wildman–Crippen LogP) is 4.88. The Morgan fingerprint density at radius 1 is 1.04 bits per heavy atom. The fraction of sp³-hybridized carbons (Fsp3) is 0.333. The number of anilines is 1. The van der Waals surface area contributed by atoms with Crippen LogP contribution in [-0.2, 0) is 0 Å². The lowest BCUT2D eigenvalue weighted by Crippen LogP contribution is -2.45. The number of rotatable bonds is 4. The van der Waals surface area contributed by atoms with Gasteiger partial charge in [-0.25, -0.2) is 5.01 Å². The Bertz CT molecular complexity index is 883. The number of H-pyrrole nitrogens is 1. The molecule has 0 bridgehead atoms. The summed E-state index contributed by atoms with van der Waals surface area (Å²) in [5, 5.41) is 13.2. The van der Waals surface area contributed by atoms with Gasteiger partial charge in [-0.1, -0.05) is 30.7 Å². The van der Waals surface area contributed by atoms with Crippen molar-refractivity contribution in [3.63, 3.8) is 0 Å². The molecule has 27 heavy (non-hydrogen) atoms. The van der Waals surface area contributed by atoms with Crippen LogP contribution in [0.5, 0.6) is 0 Å².